The van der Waals surface area contributed by atoms with Crippen LogP contribution in [-0.4, -0.2) is 56.6 Å². The second kappa shape index (κ2) is 14.0. The number of anilines is 1. The largest absolute Gasteiger partial charge is 0.501 e. The number of fused-ring (bicyclic) bond motifs is 2. The van der Waals surface area contributed by atoms with Crippen LogP contribution < -0.4 is 20.1 Å². The Morgan fingerprint density at radius 1 is 1.00 bits per heavy atom. The molecule has 0 aliphatic heterocycles. The predicted molar refractivity (Wildman–Crippen MR) is 153 cm³/mol. The molecule has 0 aromatic heterocycles. The molecule has 2 amide bonds. The average Bonchev–Trinajstić information content (AvgIpc) is 3.58. The summed E-state index contributed by atoms with van der Waals surface area (Å²) in [5, 5.41) is 14.1. The highest BCUT2D eigenvalue weighted by Crippen LogP contribution is 2.49. The number of amides is 2. The number of aliphatic carboxylic acids is 1. The van der Waals surface area contributed by atoms with Crippen LogP contribution in [0, 0.1) is 23.6 Å². The number of alkyl halides is 3. The van der Waals surface area contributed by atoms with Gasteiger partial charge in [0.25, 0.3) is 15.7 Å². The van der Waals surface area contributed by atoms with E-state index in [-0.39, 0.29) is 47.6 Å². The number of carbonyl (C=O) groups is 3. The van der Waals surface area contributed by atoms with Crippen molar-refractivity contribution in [1.29, 1.82) is 0 Å². The molecule has 4 atom stereocenters. The molecule has 2 fully saturated rings. The van der Waals surface area contributed by atoms with Gasteiger partial charge < -0.3 is 25.2 Å². The van der Waals surface area contributed by atoms with Crippen LogP contribution in [0.15, 0.2) is 41.3 Å². The molecule has 3 N–H and O–H groups in total. The lowest BCUT2D eigenvalue weighted by Gasteiger charge is -2.31. The van der Waals surface area contributed by atoms with Crippen molar-refractivity contribution in [1.82, 2.24) is 5.32 Å². The SMILES string of the molecule is COc1cc(F)c(OCCCCCCC(=O)O)cc1C(=O)NC1C2CCC(C2)C1C(=O)Nc1cccc(S(=O)(=O)C(F)(F)F)c1. The first-order chi connectivity index (χ1) is 21.2. The Morgan fingerprint density at radius 2 is 1.71 bits per heavy atom. The number of carboxylic acids is 1. The van der Waals surface area contributed by atoms with Crippen molar-refractivity contribution < 1.29 is 54.9 Å². The first-order valence-electron chi connectivity index (χ1n) is 14.5. The zero-order valence-electron chi connectivity index (χ0n) is 24.4. The third kappa shape index (κ3) is 7.86. The number of carbonyl (C=O) groups excluding carboxylic acids is 2. The standard InChI is InChI=1S/C30H34F4N2O8S/c1-43-23-16-22(31)24(44-12-5-3-2-4-9-25(37)38)15-21(23)28(39)36-27-18-11-10-17(13-18)26(27)29(40)35-19-7-6-8-20(14-19)45(41,42)30(32,33)34/h6-8,14-18,26-27H,2-5,9-13H2,1H3,(H,35,40)(H,36,39)(H,37,38). The van der Waals surface area contributed by atoms with E-state index in [9.17, 15) is 40.4 Å². The van der Waals surface area contributed by atoms with E-state index in [1.165, 1.54) is 19.2 Å². The third-order valence-electron chi connectivity index (χ3n) is 8.27. The Morgan fingerprint density at radius 3 is 2.40 bits per heavy atom. The Kier molecular flexibility index (Phi) is 10.6. The van der Waals surface area contributed by atoms with Crippen LogP contribution in [-0.2, 0) is 19.4 Å². The highest BCUT2D eigenvalue weighted by Gasteiger charge is 2.52. The van der Waals surface area contributed by atoms with Gasteiger partial charge in [0.05, 0.1) is 30.1 Å². The summed E-state index contributed by atoms with van der Waals surface area (Å²) in [5.41, 5.74) is -5.67. The van der Waals surface area contributed by atoms with Gasteiger partial charge in [-0.1, -0.05) is 18.9 Å². The van der Waals surface area contributed by atoms with Gasteiger partial charge in [-0.25, -0.2) is 12.8 Å². The van der Waals surface area contributed by atoms with Crippen LogP contribution >= 0.6 is 0 Å². The summed E-state index contributed by atoms with van der Waals surface area (Å²) in [6.45, 7) is 0.136. The van der Waals surface area contributed by atoms with Gasteiger partial charge >= 0.3 is 11.5 Å². The second-order valence-corrected chi connectivity index (χ2v) is 13.2. The van der Waals surface area contributed by atoms with Crippen molar-refractivity contribution >= 4 is 33.3 Å². The number of nitrogens with one attached hydrogen (secondary N) is 2. The second-order valence-electron chi connectivity index (χ2n) is 11.2. The molecular formula is C30H34F4N2O8S. The predicted octanol–water partition coefficient (Wildman–Crippen LogP) is 5.32. The lowest BCUT2D eigenvalue weighted by atomic mass is 9.83. The molecule has 2 saturated carbocycles. The molecular weight excluding hydrogens is 624 g/mol. The molecule has 15 heteroatoms. The van der Waals surface area contributed by atoms with E-state index in [1.807, 2.05) is 0 Å². The van der Waals surface area contributed by atoms with E-state index in [0.29, 0.717) is 38.5 Å². The molecule has 2 aromatic rings. The summed E-state index contributed by atoms with van der Waals surface area (Å²) in [4.78, 5) is 36.5. The third-order valence-corrected chi connectivity index (χ3v) is 9.76. The fourth-order valence-corrected chi connectivity index (χ4v) is 6.92. The Bertz CT molecular complexity index is 1530. The number of carboxylic acid groups (broad SMARTS) is 1. The summed E-state index contributed by atoms with van der Waals surface area (Å²) in [6.07, 6.45) is 4.54. The maximum Gasteiger partial charge on any atom is 0.501 e. The van der Waals surface area contributed by atoms with E-state index in [1.54, 1.807) is 0 Å². The van der Waals surface area contributed by atoms with Crippen molar-refractivity contribution in [3.63, 3.8) is 0 Å². The van der Waals surface area contributed by atoms with Gasteiger partial charge in [-0.3, -0.25) is 14.4 Å². The average molecular weight is 659 g/mol. The molecule has 4 unspecified atom stereocenters. The molecule has 4 rings (SSSR count). The zero-order chi connectivity index (χ0) is 32.9. The van der Waals surface area contributed by atoms with Crippen LogP contribution in [0.5, 0.6) is 11.5 Å². The molecule has 0 radical (unpaired) electrons. The maximum atomic E-state index is 14.7. The van der Waals surface area contributed by atoms with Gasteiger partial charge in [0.15, 0.2) is 11.6 Å². The van der Waals surface area contributed by atoms with Gasteiger partial charge in [-0.05, 0) is 68.2 Å². The number of benzene rings is 2. The molecule has 0 heterocycles. The topological polar surface area (TPSA) is 148 Å². The fourth-order valence-electron chi connectivity index (χ4n) is 6.11. The normalized spacial score (nSPS) is 20.9. The van der Waals surface area contributed by atoms with Gasteiger partial charge in [0, 0.05) is 24.2 Å². The lowest BCUT2D eigenvalue weighted by Crippen LogP contribution is -2.48. The Labute approximate surface area is 257 Å². The number of sulfone groups is 1. The van der Waals surface area contributed by atoms with Crippen LogP contribution in [0.4, 0.5) is 23.2 Å². The molecule has 0 spiro atoms. The van der Waals surface area contributed by atoms with Crippen LogP contribution in [0.3, 0.4) is 0 Å². The van der Waals surface area contributed by atoms with Crippen LogP contribution in [0.25, 0.3) is 0 Å². The monoisotopic (exact) mass is 658 g/mol. The molecule has 2 aliphatic carbocycles. The Hall–Kier alpha value is -3.88. The molecule has 246 valence electrons. The van der Waals surface area contributed by atoms with Gasteiger partial charge in [-0.15, -0.1) is 0 Å². The molecule has 10 nitrogen and oxygen atoms in total. The highest BCUT2D eigenvalue weighted by molar-refractivity contribution is 7.92. The molecule has 2 aromatic carbocycles. The first kappa shape index (κ1) is 34.0. The summed E-state index contributed by atoms with van der Waals surface area (Å²) in [7, 11) is -4.36. The molecule has 2 aliphatic rings. The summed E-state index contributed by atoms with van der Waals surface area (Å²) < 4.78 is 88.3. The molecule has 45 heavy (non-hydrogen) atoms. The summed E-state index contributed by atoms with van der Waals surface area (Å²) in [5.74, 6) is -4.00. The number of hydrogen-bond acceptors (Lipinski definition) is 7. The van der Waals surface area contributed by atoms with Gasteiger partial charge in [-0.2, -0.15) is 13.2 Å². The van der Waals surface area contributed by atoms with Crippen molar-refractivity contribution in [3.05, 3.63) is 47.8 Å². The number of ether oxygens (including phenoxy) is 2. The quantitative estimate of drug-likeness (QED) is 0.182. The van der Waals surface area contributed by atoms with E-state index in [4.69, 9.17) is 14.6 Å². The molecule has 0 saturated heterocycles. The van der Waals surface area contributed by atoms with Crippen molar-refractivity contribution in [2.75, 3.05) is 19.0 Å². The fraction of sp³-hybridized carbons (Fsp3) is 0.500. The van der Waals surface area contributed by atoms with Gasteiger partial charge in [0.1, 0.15) is 5.75 Å². The highest BCUT2D eigenvalue weighted by atomic mass is 32.2. The minimum atomic E-state index is -5.62. The summed E-state index contributed by atoms with van der Waals surface area (Å²) in [6, 6.07) is 5.47. The van der Waals surface area contributed by atoms with Crippen molar-refractivity contribution in [2.45, 2.75) is 67.8 Å². The van der Waals surface area contributed by atoms with Crippen LogP contribution in [0.1, 0.15) is 61.7 Å². The number of halogens is 4. The number of rotatable bonds is 14. The smallest absolute Gasteiger partial charge is 0.496 e. The van der Waals surface area contributed by atoms with E-state index >= 15 is 0 Å². The number of hydrogen-bond donors (Lipinski definition) is 3. The van der Waals surface area contributed by atoms with Crippen LogP contribution in [0.2, 0.25) is 0 Å². The molecule has 2 bridgehead atoms. The summed E-state index contributed by atoms with van der Waals surface area (Å²) >= 11 is 0. The maximum absolute atomic E-state index is 14.7. The zero-order valence-corrected chi connectivity index (χ0v) is 25.2. The number of unbranched alkanes of at least 4 members (excludes halogenated alkanes) is 3. The Balaban J connectivity index is 1.45. The number of methoxy groups -OCH3 is 1. The van der Waals surface area contributed by atoms with Crippen molar-refractivity contribution in [3.8, 4) is 11.5 Å². The minimum Gasteiger partial charge on any atom is -0.496 e. The van der Waals surface area contributed by atoms with Crippen molar-refractivity contribution in [2.24, 2.45) is 17.8 Å². The minimum absolute atomic E-state index is 0.0256. The van der Waals surface area contributed by atoms with Gasteiger partial charge in [0.2, 0.25) is 5.91 Å². The van der Waals surface area contributed by atoms with E-state index < -0.39 is 55.8 Å². The first-order valence-corrected chi connectivity index (χ1v) is 16.0. The van der Waals surface area contributed by atoms with E-state index in [2.05, 4.69) is 10.6 Å². The van der Waals surface area contributed by atoms with E-state index in [0.717, 1.165) is 30.7 Å². The lowest BCUT2D eigenvalue weighted by molar-refractivity contribution is -0.137.